The fourth-order valence-corrected chi connectivity index (χ4v) is 3.80. The second kappa shape index (κ2) is 6.89. The number of rotatable bonds is 3. The van der Waals surface area contributed by atoms with Gasteiger partial charge in [0.25, 0.3) is 0 Å². The minimum atomic E-state index is -4.38. The highest BCUT2D eigenvalue weighted by atomic mass is 19.4. The molecule has 5 heteroatoms. The van der Waals surface area contributed by atoms with Gasteiger partial charge < -0.3 is 4.42 Å². The average molecular weight is 371 g/mol. The molecule has 1 unspecified atom stereocenters. The van der Waals surface area contributed by atoms with Crippen molar-refractivity contribution in [1.82, 2.24) is 4.90 Å². The third-order valence-electron chi connectivity index (χ3n) is 5.07. The predicted molar refractivity (Wildman–Crippen MR) is 100 cm³/mol. The fraction of sp³-hybridized carbons (Fsp3) is 0.273. The SMILES string of the molecule is CC1CN(Cc2ccccc2)CC=C1c1cc(C(F)(F)F)cc2ccoc12. The number of halogens is 3. The zero-order valence-corrected chi connectivity index (χ0v) is 15.0. The van der Waals surface area contributed by atoms with E-state index in [1.807, 2.05) is 24.3 Å². The lowest BCUT2D eigenvalue weighted by atomic mass is 9.88. The second-order valence-corrected chi connectivity index (χ2v) is 7.10. The van der Waals surface area contributed by atoms with Crippen LogP contribution in [0, 0.1) is 5.92 Å². The van der Waals surface area contributed by atoms with Gasteiger partial charge in [-0.25, -0.2) is 0 Å². The molecule has 3 aromatic rings. The molecule has 2 nitrogen and oxygen atoms in total. The number of alkyl halides is 3. The lowest BCUT2D eigenvalue weighted by Crippen LogP contribution is -2.32. The molecule has 0 bridgehead atoms. The average Bonchev–Trinajstić information content (AvgIpc) is 3.10. The highest BCUT2D eigenvalue weighted by molar-refractivity contribution is 5.91. The van der Waals surface area contributed by atoms with E-state index in [1.165, 1.54) is 17.9 Å². The molecule has 1 aromatic heterocycles. The third-order valence-corrected chi connectivity index (χ3v) is 5.07. The molecule has 0 fully saturated rings. The summed E-state index contributed by atoms with van der Waals surface area (Å²) in [6.07, 6.45) is -0.892. The van der Waals surface area contributed by atoms with E-state index in [-0.39, 0.29) is 5.92 Å². The Kier molecular flexibility index (Phi) is 4.56. The van der Waals surface area contributed by atoms with Gasteiger partial charge in [-0.1, -0.05) is 43.3 Å². The van der Waals surface area contributed by atoms with Crippen LogP contribution in [0.1, 0.15) is 23.6 Å². The maximum atomic E-state index is 13.3. The summed E-state index contributed by atoms with van der Waals surface area (Å²) in [5.74, 6) is 0.110. The summed E-state index contributed by atoms with van der Waals surface area (Å²) < 4.78 is 45.5. The van der Waals surface area contributed by atoms with Crippen molar-refractivity contribution in [2.45, 2.75) is 19.6 Å². The van der Waals surface area contributed by atoms with E-state index in [4.69, 9.17) is 4.42 Å². The minimum absolute atomic E-state index is 0.110. The predicted octanol–water partition coefficient (Wildman–Crippen LogP) is 5.99. The fourth-order valence-electron chi connectivity index (χ4n) is 3.80. The van der Waals surface area contributed by atoms with Crippen molar-refractivity contribution in [3.63, 3.8) is 0 Å². The molecule has 0 saturated heterocycles. The van der Waals surface area contributed by atoms with E-state index >= 15 is 0 Å². The van der Waals surface area contributed by atoms with Crippen molar-refractivity contribution in [3.8, 4) is 0 Å². The molecule has 2 aromatic carbocycles. The van der Waals surface area contributed by atoms with E-state index < -0.39 is 11.7 Å². The van der Waals surface area contributed by atoms with Crippen LogP contribution in [0.5, 0.6) is 0 Å². The quantitative estimate of drug-likeness (QED) is 0.562. The van der Waals surface area contributed by atoms with Gasteiger partial charge in [-0.05, 0) is 35.3 Å². The summed E-state index contributed by atoms with van der Waals surface area (Å²) in [7, 11) is 0. The maximum absolute atomic E-state index is 13.3. The van der Waals surface area contributed by atoms with Gasteiger partial charge in [0.1, 0.15) is 5.58 Å². The van der Waals surface area contributed by atoms with Gasteiger partial charge in [0.2, 0.25) is 0 Å². The number of furan rings is 1. The zero-order chi connectivity index (χ0) is 19.0. The minimum Gasteiger partial charge on any atom is -0.464 e. The van der Waals surface area contributed by atoms with Gasteiger partial charge in [0, 0.05) is 30.6 Å². The number of hydrogen-bond donors (Lipinski definition) is 0. The second-order valence-electron chi connectivity index (χ2n) is 7.10. The van der Waals surface area contributed by atoms with Crippen molar-refractivity contribution in [2.75, 3.05) is 13.1 Å². The molecule has 1 aliphatic rings. The molecular formula is C22H20F3NO. The highest BCUT2D eigenvalue weighted by Crippen LogP contribution is 2.39. The summed E-state index contributed by atoms with van der Waals surface area (Å²) in [6, 6.07) is 14.2. The molecule has 0 spiro atoms. The van der Waals surface area contributed by atoms with Crippen LogP contribution in [0.3, 0.4) is 0 Å². The van der Waals surface area contributed by atoms with E-state index in [9.17, 15) is 13.2 Å². The van der Waals surface area contributed by atoms with Gasteiger partial charge in [0.15, 0.2) is 0 Å². The maximum Gasteiger partial charge on any atom is 0.416 e. The van der Waals surface area contributed by atoms with E-state index in [1.54, 1.807) is 6.07 Å². The molecular weight excluding hydrogens is 351 g/mol. The van der Waals surface area contributed by atoms with Gasteiger partial charge in [-0.15, -0.1) is 0 Å². The van der Waals surface area contributed by atoms with Crippen LogP contribution < -0.4 is 0 Å². The first-order valence-electron chi connectivity index (χ1n) is 8.97. The number of fused-ring (bicyclic) bond motifs is 1. The molecule has 2 heterocycles. The first-order valence-corrected chi connectivity index (χ1v) is 8.97. The standard InChI is InChI=1S/C22H20F3NO/c1-15-13-26(14-16-5-3-2-4-6-16)9-7-19(15)20-12-18(22(23,24)25)11-17-8-10-27-21(17)20/h2-8,10-12,15H,9,13-14H2,1H3. The Balaban J connectivity index is 1.66. The Labute approximate surface area is 155 Å². The zero-order valence-electron chi connectivity index (χ0n) is 15.0. The van der Waals surface area contributed by atoms with Crippen molar-refractivity contribution in [1.29, 1.82) is 0 Å². The molecule has 4 rings (SSSR count). The lowest BCUT2D eigenvalue weighted by Gasteiger charge is -2.31. The molecule has 1 aliphatic heterocycles. The normalized spacial score (nSPS) is 18.7. The van der Waals surface area contributed by atoms with Crippen molar-refractivity contribution in [3.05, 3.63) is 77.6 Å². The Hall–Kier alpha value is -2.53. The topological polar surface area (TPSA) is 16.4 Å². The summed E-state index contributed by atoms with van der Waals surface area (Å²) in [4.78, 5) is 2.30. The monoisotopic (exact) mass is 371 g/mol. The number of nitrogens with zero attached hydrogens (tertiary/aromatic N) is 1. The van der Waals surface area contributed by atoms with Crippen LogP contribution in [0.15, 0.2) is 65.3 Å². The number of hydrogen-bond acceptors (Lipinski definition) is 2. The summed E-state index contributed by atoms with van der Waals surface area (Å²) in [5, 5.41) is 0.486. The Morgan fingerprint density at radius 1 is 1.11 bits per heavy atom. The largest absolute Gasteiger partial charge is 0.464 e. The first-order chi connectivity index (χ1) is 12.9. The molecule has 140 valence electrons. The van der Waals surface area contributed by atoms with Crippen LogP contribution in [-0.4, -0.2) is 18.0 Å². The van der Waals surface area contributed by atoms with E-state index in [0.717, 1.165) is 24.7 Å². The Bertz CT molecular complexity index is 972. The number of benzene rings is 2. The van der Waals surface area contributed by atoms with E-state index in [2.05, 4.69) is 24.0 Å². The smallest absolute Gasteiger partial charge is 0.416 e. The molecule has 27 heavy (non-hydrogen) atoms. The lowest BCUT2D eigenvalue weighted by molar-refractivity contribution is -0.137. The summed E-state index contributed by atoms with van der Waals surface area (Å²) >= 11 is 0. The van der Waals surface area contributed by atoms with Crippen LogP contribution in [-0.2, 0) is 12.7 Å². The van der Waals surface area contributed by atoms with Gasteiger partial charge in [-0.3, -0.25) is 4.90 Å². The molecule has 1 atom stereocenters. The summed E-state index contributed by atoms with van der Waals surface area (Å²) in [6.45, 7) is 4.37. The van der Waals surface area contributed by atoms with Gasteiger partial charge >= 0.3 is 6.18 Å². The molecule has 0 saturated carbocycles. The molecule has 0 amide bonds. The van der Waals surface area contributed by atoms with Gasteiger partial charge in [0.05, 0.1) is 11.8 Å². The van der Waals surface area contributed by atoms with E-state index in [0.29, 0.717) is 23.1 Å². The van der Waals surface area contributed by atoms with Crippen molar-refractivity contribution >= 4 is 16.5 Å². The van der Waals surface area contributed by atoms with Crippen LogP contribution in [0.2, 0.25) is 0 Å². The summed E-state index contributed by atoms with van der Waals surface area (Å²) in [5.41, 5.74) is 2.60. The van der Waals surface area contributed by atoms with Crippen LogP contribution in [0.4, 0.5) is 13.2 Å². The Morgan fingerprint density at radius 2 is 1.89 bits per heavy atom. The third kappa shape index (κ3) is 3.65. The van der Waals surface area contributed by atoms with Gasteiger partial charge in [-0.2, -0.15) is 13.2 Å². The molecule has 0 aliphatic carbocycles. The Morgan fingerprint density at radius 3 is 2.59 bits per heavy atom. The van der Waals surface area contributed by atoms with Crippen molar-refractivity contribution < 1.29 is 17.6 Å². The van der Waals surface area contributed by atoms with Crippen LogP contribution >= 0.6 is 0 Å². The highest BCUT2D eigenvalue weighted by Gasteiger charge is 2.33. The molecule has 0 N–H and O–H groups in total. The molecule has 0 radical (unpaired) electrons. The van der Waals surface area contributed by atoms with Crippen LogP contribution in [0.25, 0.3) is 16.5 Å². The van der Waals surface area contributed by atoms with Crippen molar-refractivity contribution in [2.24, 2.45) is 5.92 Å². The first kappa shape index (κ1) is 17.9.